The van der Waals surface area contributed by atoms with E-state index in [4.69, 9.17) is 4.74 Å². The van der Waals surface area contributed by atoms with Crippen molar-refractivity contribution in [3.63, 3.8) is 0 Å². The van der Waals surface area contributed by atoms with Crippen molar-refractivity contribution in [2.75, 3.05) is 6.54 Å². The molecule has 0 aliphatic heterocycles. The normalized spacial score (nSPS) is 15.4. The van der Waals surface area contributed by atoms with E-state index in [0.717, 1.165) is 25.3 Å². The number of rotatable bonds is 7. The molecule has 1 aromatic heterocycles. The maximum atomic E-state index is 5.99. The Balaban J connectivity index is 1.39. The number of hydrogen-bond donors (Lipinski definition) is 1. The predicted octanol–water partition coefficient (Wildman–Crippen LogP) is 4.40. The summed E-state index contributed by atoms with van der Waals surface area (Å²) in [6, 6.07) is 12.9. The average Bonchev–Trinajstić information content (AvgIpc) is 3.19. The van der Waals surface area contributed by atoms with Crippen molar-refractivity contribution in [1.29, 1.82) is 0 Å². The Morgan fingerprint density at radius 2 is 1.90 bits per heavy atom. The van der Waals surface area contributed by atoms with Crippen LogP contribution in [0.15, 0.2) is 41.8 Å². The van der Waals surface area contributed by atoms with E-state index < -0.39 is 0 Å². The summed E-state index contributed by atoms with van der Waals surface area (Å²) >= 11 is 1.83. The van der Waals surface area contributed by atoms with Gasteiger partial charge >= 0.3 is 0 Å². The van der Waals surface area contributed by atoms with Crippen LogP contribution in [0.3, 0.4) is 0 Å². The zero-order valence-corrected chi connectivity index (χ0v) is 13.2. The first-order chi connectivity index (χ1) is 10.4. The molecule has 3 heteroatoms. The van der Waals surface area contributed by atoms with E-state index in [9.17, 15) is 0 Å². The van der Waals surface area contributed by atoms with E-state index in [0.29, 0.717) is 6.10 Å². The first-order valence-corrected chi connectivity index (χ1v) is 8.77. The summed E-state index contributed by atoms with van der Waals surface area (Å²) in [6.45, 7) is 1.95. The van der Waals surface area contributed by atoms with Gasteiger partial charge in [-0.25, -0.2) is 0 Å². The highest BCUT2D eigenvalue weighted by molar-refractivity contribution is 7.09. The lowest BCUT2D eigenvalue weighted by atomic mass is 10.2. The molecule has 112 valence electrons. The fourth-order valence-electron chi connectivity index (χ4n) is 2.78. The Hall–Kier alpha value is -1.32. The molecule has 0 radical (unpaired) electrons. The molecule has 0 bridgehead atoms. The summed E-state index contributed by atoms with van der Waals surface area (Å²) < 4.78 is 5.99. The van der Waals surface area contributed by atoms with Crippen molar-refractivity contribution >= 4 is 11.3 Å². The summed E-state index contributed by atoms with van der Waals surface area (Å²) in [7, 11) is 0. The fourth-order valence-corrected chi connectivity index (χ4v) is 3.49. The fraction of sp³-hybridized carbons (Fsp3) is 0.444. The molecule has 0 atom stereocenters. The third-order valence-corrected chi connectivity index (χ3v) is 4.92. The molecule has 2 nitrogen and oxygen atoms in total. The number of ether oxygens (including phenoxy) is 1. The number of hydrogen-bond acceptors (Lipinski definition) is 3. The third kappa shape index (κ3) is 4.58. The minimum absolute atomic E-state index is 0.444. The summed E-state index contributed by atoms with van der Waals surface area (Å²) in [5.41, 5.74) is 1.32. The zero-order chi connectivity index (χ0) is 14.3. The Kier molecular flexibility index (Phi) is 5.30. The van der Waals surface area contributed by atoms with Crippen LogP contribution in [-0.4, -0.2) is 12.6 Å². The van der Waals surface area contributed by atoms with Gasteiger partial charge in [-0.2, -0.15) is 0 Å². The van der Waals surface area contributed by atoms with Crippen LogP contribution in [-0.2, 0) is 13.0 Å². The third-order valence-electron chi connectivity index (χ3n) is 3.99. The van der Waals surface area contributed by atoms with Gasteiger partial charge in [0, 0.05) is 18.0 Å². The van der Waals surface area contributed by atoms with Gasteiger partial charge < -0.3 is 10.1 Å². The lowest BCUT2D eigenvalue weighted by Gasteiger charge is -2.13. The van der Waals surface area contributed by atoms with Gasteiger partial charge in [-0.05, 0) is 61.2 Å². The van der Waals surface area contributed by atoms with E-state index in [-0.39, 0.29) is 0 Å². The van der Waals surface area contributed by atoms with Gasteiger partial charge in [-0.3, -0.25) is 0 Å². The second kappa shape index (κ2) is 7.62. The summed E-state index contributed by atoms with van der Waals surface area (Å²) in [5.74, 6) is 1.02. The van der Waals surface area contributed by atoms with Crippen LogP contribution in [0.25, 0.3) is 0 Å². The highest BCUT2D eigenvalue weighted by Crippen LogP contribution is 2.24. The minimum Gasteiger partial charge on any atom is -0.490 e. The van der Waals surface area contributed by atoms with E-state index >= 15 is 0 Å². The van der Waals surface area contributed by atoms with Crippen LogP contribution < -0.4 is 10.1 Å². The second-order valence-corrected chi connectivity index (χ2v) is 6.71. The monoisotopic (exact) mass is 301 g/mol. The molecular formula is C18H23NOS. The second-order valence-electron chi connectivity index (χ2n) is 5.67. The van der Waals surface area contributed by atoms with Crippen molar-refractivity contribution in [3.8, 4) is 5.75 Å². The molecule has 0 unspecified atom stereocenters. The molecular weight excluding hydrogens is 278 g/mol. The highest BCUT2D eigenvalue weighted by atomic mass is 32.1. The van der Waals surface area contributed by atoms with Crippen molar-refractivity contribution in [2.24, 2.45) is 0 Å². The average molecular weight is 301 g/mol. The Labute approximate surface area is 131 Å². The molecule has 21 heavy (non-hydrogen) atoms. The lowest BCUT2D eigenvalue weighted by molar-refractivity contribution is 0.210. The van der Waals surface area contributed by atoms with Gasteiger partial charge in [0.25, 0.3) is 0 Å². The van der Waals surface area contributed by atoms with Gasteiger partial charge in [0.2, 0.25) is 0 Å². The topological polar surface area (TPSA) is 21.3 Å². The molecule has 1 N–H and O–H groups in total. The molecule has 0 spiro atoms. The number of benzene rings is 1. The van der Waals surface area contributed by atoms with Crippen LogP contribution in [0.5, 0.6) is 5.75 Å². The van der Waals surface area contributed by atoms with Gasteiger partial charge in [0.05, 0.1) is 6.10 Å². The van der Waals surface area contributed by atoms with E-state index in [2.05, 4.69) is 47.1 Å². The van der Waals surface area contributed by atoms with Crippen LogP contribution in [0.2, 0.25) is 0 Å². The van der Waals surface area contributed by atoms with Gasteiger partial charge in [-0.15, -0.1) is 11.3 Å². The molecule has 0 amide bonds. The highest BCUT2D eigenvalue weighted by Gasteiger charge is 2.16. The zero-order valence-electron chi connectivity index (χ0n) is 12.4. The van der Waals surface area contributed by atoms with E-state index in [1.165, 1.54) is 36.1 Å². The van der Waals surface area contributed by atoms with Crippen molar-refractivity contribution in [3.05, 3.63) is 52.2 Å². The van der Waals surface area contributed by atoms with Gasteiger partial charge in [0.15, 0.2) is 0 Å². The Bertz CT molecular complexity index is 515. The maximum Gasteiger partial charge on any atom is 0.119 e. The van der Waals surface area contributed by atoms with Crippen molar-refractivity contribution < 1.29 is 4.74 Å². The molecule has 1 aliphatic rings. The van der Waals surface area contributed by atoms with Gasteiger partial charge in [-0.1, -0.05) is 18.2 Å². The van der Waals surface area contributed by atoms with Crippen LogP contribution in [0, 0.1) is 0 Å². The van der Waals surface area contributed by atoms with Crippen LogP contribution in [0.1, 0.15) is 36.1 Å². The molecule has 1 heterocycles. The molecule has 1 fully saturated rings. The molecule has 2 aromatic rings. The van der Waals surface area contributed by atoms with Crippen molar-refractivity contribution in [1.82, 2.24) is 5.32 Å². The quantitative estimate of drug-likeness (QED) is 0.765. The largest absolute Gasteiger partial charge is 0.490 e. The number of thiophene rings is 1. The van der Waals surface area contributed by atoms with Crippen molar-refractivity contribution in [2.45, 2.75) is 44.8 Å². The SMILES string of the molecule is c1csc(CCNCc2ccc(OC3CCCC3)cc2)c1. The summed E-state index contributed by atoms with van der Waals surface area (Å²) in [6.07, 6.45) is 6.62. The van der Waals surface area contributed by atoms with Crippen LogP contribution in [0.4, 0.5) is 0 Å². The smallest absolute Gasteiger partial charge is 0.119 e. The molecule has 1 aliphatic carbocycles. The standard InChI is InChI=1S/C18H23NOS/c1-2-5-16(4-1)20-17-9-7-15(8-10-17)14-19-12-11-18-6-3-13-21-18/h3,6-10,13,16,19H,1-2,4-5,11-12,14H2. The van der Waals surface area contributed by atoms with Crippen LogP contribution >= 0.6 is 11.3 Å². The predicted molar refractivity (Wildman–Crippen MR) is 89.1 cm³/mol. The Morgan fingerprint density at radius 1 is 1.10 bits per heavy atom. The van der Waals surface area contributed by atoms with Gasteiger partial charge in [0.1, 0.15) is 5.75 Å². The molecule has 1 aromatic carbocycles. The summed E-state index contributed by atoms with van der Waals surface area (Å²) in [5, 5.41) is 5.64. The molecule has 3 rings (SSSR count). The summed E-state index contributed by atoms with van der Waals surface area (Å²) in [4.78, 5) is 1.45. The van der Waals surface area contributed by atoms with E-state index in [1.54, 1.807) is 0 Å². The maximum absolute atomic E-state index is 5.99. The van der Waals surface area contributed by atoms with E-state index in [1.807, 2.05) is 11.3 Å². The first-order valence-electron chi connectivity index (χ1n) is 7.89. The number of nitrogens with one attached hydrogen (secondary N) is 1. The molecule has 0 saturated heterocycles. The lowest BCUT2D eigenvalue weighted by Crippen LogP contribution is -2.16. The Morgan fingerprint density at radius 3 is 2.62 bits per heavy atom. The molecule has 1 saturated carbocycles. The minimum atomic E-state index is 0.444. The first kappa shape index (κ1) is 14.6.